The lowest BCUT2D eigenvalue weighted by Crippen LogP contribution is -2.38. The van der Waals surface area contributed by atoms with Crippen LogP contribution < -0.4 is 5.32 Å². The molecule has 1 aromatic heterocycles. The number of hydrogen-bond donors (Lipinski definition) is 1. The van der Waals surface area contributed by atoms with E-state index < -0.39 is 0 Å². The van der Waals surface area contributed by atoms with Crippen molar-refractivity contribution in [1.82, 2.24) is 25.0 Å². The fourth-order valence-corrected chi connectivity index (χ4v) is 3.07. The van der Waals surface area contributed by atoms with Crippen molar-refractivity contribution in [2.45, 2.75) is 38.6 Å². The first-order valence-electron chi connectivity index (χ1n) is 7.14. The van der Waals surface area contributed by atoms with E-state index in [2.05, 4.69) is 20.1 Å². The van der Waals surface area contributed by atoms with Crippen molar-refractivity contribution in [2.75, 3.05) is 26.2 Å². The third-order valence-electron chi connectivity index (χ3n) is 4.13. The van der Waals surface area contributed by atoms with E-state index in [0.29, 0.717) is 5.92 Å². The Hall–Kier alpha value is -1.14. The number of fused-ring (bicyclic) bond motifs is 1. The topological polar surface area (TPSA) is 63.1 Å². The van der Waals surface area contributed by atoms with Crippen molar-refractivity contribution in [3.63, 3.8) is 0 Å². The van der Waals surface area contributed by atoms with Gasteiger partial charge < -0.3 is 14.8 Å². The first-order valence-corrected chi connectivity index (χ1v) is 7.14. The zero-order chi connectivity index (χ0) is 13.2. The van der Waals surface area contributed by atoms with E-state index in [1.807, 2.05) is 4.90 Å². The van der Waals surface area contributed by atoms with Crippen molar-refractivity contribution >= 4 is 18.3 Å². The summed E-state index contributed by atoms with van der Waals surface area (Å²) < 4.78 is 2.26. The molecule has 3 heterocycles. The summed E-state index contributed by atoms with van der Waals surface area (Å²) >= 11 is 0. The van der Waals surface area contributed by atoms with Gasteiger partial charge in [-0.15, -0.1) is 22.6 Å². The molecule has 1 fully saturated rings. The zero-order valence-electron chi connectivity index (χ0n) is 11.8. The van der Waals surface area contributed by atoms with Gasteiger partial charge in [0.1, 0.15) is 11.6 Å². The van der Waals surface area contributed by atoms with Crippen molar-refractivity contribution in [2.24, 2.45) is 0 Å². The summed E-state index contributed by atoms with van der Waals surface area (Å²) in [4.78, 5) is 13.5. The third kappa shape index (κ3) is 2.96. The van der Waals surface area contributed by atoms with E-state index in [1.54, 1.807) is 6.92 Å². The van der Waals surface area contributed by atoms with Gasteiger partial charge in [-0.1, -0.05) is 0 Å². The highest BCUT2D eigenvalue weighted by molar-refractivity contribution is 5.85. The van der Waals surface area contributed by atoms with E-state index in [-0.39, 0.29) is 18.3 Å². The molecule has 112 valence electrons. The average Bonchev–Trinajstić information content (AvgIpc) is 2.68. The van der Waals surface area contributed by atoms with Gasteiger partial charge in [0.25, 0.3) is 0 Å². The number of carbonyl (C=O) groups excluding carboxylic acids is 1. The molecule has 1 saturated heterocycles. The molecule has 1 amide bonds. The number of amides is 1. The Kier molecular flexibility index (Phi) is 4.99. The molecule has 3 rings (SSSR count). The second kappa shape index (κ2) is 6.54. The van der Waals surface area contributed by atoms with E-state index in [9.17, 15) is 4.79 Å². The maximum atomic E-state index is 11.5. The summed E-state index contributed by atoms with van der Waals surface area (Å²) in [6, 6.07) is 0. The van der Waals surface area contributed by atoms with Gasteiger partial charge in [0, 0.05) is 52.0 Å². The minimum absolute atomic E-state index is 0. The molecule has 0 saturated carbocycles. The van der Waals surface area contributed by atoms with Gasteiger partial charge in [-0.25, -0.2) is 0 Å². The summed E-state index contributed by atoms with van der Waals surface area (Å²) in [7, 11) is 0. The van der Waals surface area contributed by atoms with Gasteiger partial charge in [0.2, 0.25) is 5.91 Å². The molecule has 0 bridgehead atoms. The highest BCUT2D eigenvalue weighted by Crippen LogP contribution is 2.26. The molecule has 1 unspecified atom stereocenters. The van der Waals surface area contributed by atoms with Crippen LogP contribution in [0.25, 0.3) is 0 Å². The second-order valence-corrected chi connectivity index (χ2v) is 5.43. The van der Waals surface area contributed by atoms with Crippen molar-refractivity contribution in [1.29, 1.82) is 0 Å². The molecule has 2 aliphatic heterocycles. The second-order valence-electron chi connectivity index (χ2n) is 5.43. The van der Waals surface area contributed by atoms with Crippen LogP contribution in [-0.2, 0) is 17.8 Å². The van der Waals surface area contributed by atoms with Crippen LogP contribution in [0.3, 0.4) is 0 Å². The fourth-order valence-electron chi connectivity index (χ4n) is 3.07. The average molecular weight is 300 g/mol. The Morgan fingerprint density at radius 1 is 1.30 bits per heavy atom. The molecular weight excluding hydrogens is 278 g/mol. The molecule has 1 aromatic rings. The quantitative estimate of drug-likeness (QED) is 0.823. The number of rotatable bonds is 1. The molecular formula is C13H22ClN5O. The Morgan fingerprint density at radius 2 is 2.15 bits per heavy atom. The predicted molar refractivity (Wildman–Crippen MR) is 78.1 cm³/mol. The summed E-state index contributed by atoms with van der Waals surface area (Å²) in [5, 5.41) is 12.1. The van der Waals surface area contributed by atoms with Crippen molar-refractivity contribution in [3.8, 4) is 0 Å². The van der Waals surface area contributed by atoms with Gasteiger partial charge in [-0.05, 0) is 12.8 Å². The summed E-state index contributed by atoms with van der Waals surface area (Å²) in [5.41, 5.74) is 0. The molecule has 2 aliphatic rings. The predicted octanol–water partition coefficient (Wildman–Crippen LogP) is 0.571. The maximum absolute atomic E-state index is 11.5. The Morgan fingerprint density at radius 3 is 2.95 bits per heavy atom. The SMILES string of the molecule is CC(=O)N1CCCC(c2nnc3n2CCNCC3)C1.Cl. The van der Waals surface area contributed by atoms with E-state index in [1.165, 1.54) is 0 Å². The van der Waals surface area contributed by atoms with Gasteiger partial charge in [0.15, 0.2) is 0 Å². The van der Waals surface area contributed by atoms with E-state index >= 15 is 0 Å². The largest absolute Gasteiger partial charge is 0.342 e. The molecule has 0 spiro atoms. The molecule has 0 aromatic carbocycles. The normalized spacial score (nSPS) is 22.6. The summed E-state index contributed by atoms with van der Waals surface area (Å²) in [5.74, 6) is 2.67. The van der Waals surface area contributed by atoms with Crippen molar-refractivity contribution in [3.05, 3.63) is 11.6 Å². The molecule has 20 heavy (non-hydrogen) atoms. The van der Waals surface area contributed by atoms with Crippen LogP contribution in [-0.4, -0.2) is 51.8 Å². The first-order chi connectivity index (χ1) is 9.25. The Bertz CT molecular complexity index is 475. The molecule has 1 N–H and O–H groups in total. The van der Waals surface area contributed by atoms with Gasteiger partial charge in [-0.2, -0.15) is 0 Å². The van der Waals surface area contributed by atoms with Gasteiger partial charge in [0.05, 0.1) is 0 Å². The van der Waals surface area contributed by atoms with E-state index in [4.69, 9.17) is 0 Å². The Labute approximate surface area is 125 Å². The minimum Gasteiger partial charge on any atom is -0.342 e. The summed E-state index contributed by atoms with van der Waals surface area (Å²) in [6.45, 7) is 6.21. The van der Waals surface area contributed by atoms with Crippen molar-refractivity contribution < 1.29 is 4.79 Å². The maximum Gasteiger partial charge on any atom is 0.219 e. The number of nitrogens with zero attached hydrogens (tertiary/aromatic N) is 4. The number of halogens is 1. The van der Waals surface area contributed by atoms with Crippen LogP contribution in [0.4, 0.5) is 0 Å². The Balaban J connectivity index is 0.00000147. The molecule has 7 heteroatoms. The molecule has 1 atom stereocenters. The van der Waals surface area contributed by atoms with Crippen LogP contribution in [0.15, 0.2) is 0 Å². The number of nitrogens with one attached hydrogen (secondary N) is 1. The van der Waals surface area contributed by atoms with Crippen LogP contribution in [0.1, 0.15) is 37.3 Å². The number of hydrogen-bond acceptors (Lipinski definition) is 4. The molecule has 0 aliphatic carbocycles. The molecule has 0 radical (unpaired) electrons. The highest BCUT2D eigenvalue weighted by Gasteiger charge is 2.28. The number of aromatic nitrogens is 3. The zero-order valence-corrected chi connectivity index (χ0v) is 12.7. The van der Waals surface area contributed by atoms with Gasteiger partial charge in [-0.3, -0.25) is 4.79 Å². The van der Waals surface area contributed by atoms with E-state index in [0.717, 1.165) is 63.6 Å². The standard InChI is InChI=1S/C13H21N5O.ClH/c1-10(19)17-7-2-3-11(9-17)13-16-15-12-4-5-14-6-8-18(12)13;/h11,14H,2-9H2,1H3;1H. The lowest BCUT2D eigenvalue weighted by atomic mass is 9.97. The van der Waals surface area contributed by atoms with Crippen LogP contribution in [0.2, 0.25) is 0 Å². The highest BCUT2D eigenvalue weighted by atomic mass is 35.5. The third-order valence-corrected chi connectivity index (χ3v) is 4.13. The lowest BCUT2D eigenvalue weighted by molar-refractivity contribution is -0.130. The first kappa shape index (κ1) is 15.3. The van der Waals surface area contributed by atoms with Crippen LogP contribution in [0.5, 0.6) is 0 Å². The number of piperidine rings is 1. The number of likely N-dealkylation sites (tertiary alicyclic amines) is 1. The monoisotopic (exact) mass is 299 g/mol. The lowest BCUT2D eigenvalue weighted by Gasteiger charge is -2.31. The molecule has 6 nitrogen and oxygen atoms in total. The van der Waals surface area contributed by atoms with Crippen LogP contribution >= 0.6 is 12.4 Å². The summed E-state index contributed by atoms with van der Waals surface area (Å²) in [6.07, 6.45) is 3.11. The number of carbonyl (C=O) groups is 1. The van der Waals surface area contributed by atoms with Crippen LogP contribution in [0, 0.1) is 0 Å². The van der Waals surface area contributed by atoms with Gasteiger partial charge >= 0.3 is 0 Å². The fraction of sp³-hybridized carbons (Fsp3) is 0.769. The minimum atomic E-state index is 0. The smallest absolute Gasteiger partial charge is 0.219 e.